The van der Waals surface area contributed by atoms with Crippen molar-refractivity contribution in [3.63, 3.8) is 0 Å². The fourth-order valence-electron chi connectivity index (χ4n) is 4.19. The van der Waals surface area contributed by atoms with Crippen LogP contribution in [0.1, 0.15) is 29.7 Å². The molecule has 0 saturated carbocycles. The first kappa shape index (κ1) is 16.9. The summed E-state index contributed by atoms with van der Waals surface area (Å²) in [4.78, 5) is 9.45. The molecule has 5 rings (SSSR count). The van der Waals surface area contributed by atoms with Gasteiger partial charge >= 0.3 is 0 Å². The van der Waals surface area contributed by atoms with E-state index >= 15 is 0 Å². The second-order valence-electron chi connectivity index (χ2n) is 7.52. The topological polar surface area (TPSA) is 25.2 Å². The fraction of sp³-hybridized carbons (Fsp3) is 0.250. The average molecular weight is 417 g/mol. The molecule has 0 N–H and O–H groups in total. The Morgan fingerprint density at radius 1 is 1.11 bits per heavy atom. The standard InChI is InChI=1S/C24H21BrN2/c25-22-12-18(20-9-16-5-1-3-7-23(16)26-14-20)11-19(13-22)21-10-17-6-2-4-8-24(17)27-15-21/h1,3-5,7-11,13-16,18,23H,2,6,12H2. The fourth-order valence-corrected chi connectivity index (χ4v) is 4.79. The molecular formula is C24H21BrN2. The van der Waals surface area contributed by atoms with Gasteiger partial charge in [-0.25, -0.2) is 0 Å². The van der Waals surface area contributed by atoms with Gasteiger partial charge in [0.1, 0.15) is 0 Å². The molecule has 3 unspecified atom stereocenters. The second kappa shape index (κ2) is 7.05. The molecule has 0 spiro atoms. The Hall–Kier alpha value is -2.26. The summed E-state index contributed by atoms with van der Waals surface area (Å²) in [6.45, 7) is 0. The highest BCUT2D eigenvalue weighted by molar-refractivity contribution is 9.11. The van der Waals surface area contributed by atoms with E-state index in [9.17, 15) is 0 Å². The van der Waals surface area contributed by atoms with Gasteiger partial charge in [0.25, 0.3) is 0 Å². The van der Waals surface area contributed by atoms with E-state index in [2.05, 4.69) is 87.9 Å². The summed E-state index contributed by atoms with van der Waals surface area (Å²) >= 11 is 3.77. The Balaban J connectivity index is 1.47. The number of aromatic nitrogens is 1. The maximum atomic E-state index is 4.77. The average Bonchev–Trinajstić information content (AvgIpc) is 2.72. The number of nitrogens with zero attached hydrogens (tertiary/aromatic N) is 2. The van der Waals surface area contributed by atoms with Crippen molar-refractivity contribution >= 4 is 33.8 Å². The van der Waals surface area contributed by atoms with E-state index in [0.717, 1.165) is 25.0 Å². The van der Waals surface area contributed by atoms with E-state index < -0.39 is 0 Å². The van der Waals surface area contributed by atoms with Crippen LogP contribution < -0.4 is 0 Å². The van der Waals surface area contributed by atoms with Gasteiger partial charge in [-0.2, -0.15) is 0 Å². The van der Waals surface area contributed by atoms with Crippen LogP contribution in [0.2, 0.25) is 0 Å². The van der Waals surface area contributed by atoms with Crippen LogP contribution in [0, 0.1) is 11.8 Å². The zero-order valence-electron chi connectivity index (χ0n) is 15.1. The summed E-state index contributed by atoms with van der Waals surface area (Å²) in [5.74, 6) is 0.730. The Morgan fingerprint density at radius 2 is 2.04 bits per heavy atom. The van der Waals surface area contributed by atoms with Crippen LogP contribution in [0.5, 0.6) is 0 Å². The molecule has 3 heteroatoms. The SMILES string of the molecule is BrC1=CC(c2cnc3c(c2)CCC=C3)=CC(C2=CC3C=CC=CC3N=C2)C1. The molecule has 3 atom stereocenters. The summed E-state index contributed by atoms with van der Waals surface area (Å²) in [6, 6.07) is 2.58. The Kier molecular flexibility index (Phi) is 4.41. The largest absolute Gasteiger partial charge is 0.284 e. The molecular weight excluding hydrogens is 396 g/mol. The van der Waals surface area contributed by atoms with Crippen LogP contribution in [0.15, 0.2) is 75.9 Å². The zero-order chi connectivity index (χ0) is 18.2. The Bertz CT molecular complexity index is 988. The molecule has 1 aromatic rings. The Labute approximate surface area is 168 Å². The van der Waals surface area contributed by atoms with E-state index in [1.54, 1.807) is 0 Å². The number of rotatable bonds is 2. The minimum absolute atomic E-state index is 0.266. The third-order valence-electron chi connectivity index (χ3n) is 5.65. The van der Waals surface area contributed by atoms with E-state index in [1.807, 2.05) is 6.20 Å². The first-order valence-corrected chi connectivity index (χ1v) is 10.4. The molecule has 27 heavy (non-hydrogen) atoms. The Morgan fingerprint density at radius 3 is 3.00 bits per heavy atom. The monoisotopic (exact) mass is 416 g/mol. The number of hydrogen-bond donors (Lipinski definition) is 0. The van der Waals surface area contributed by atoms with Crippen molar-refractivity contribution < 1.29 is 0 Å². The minimum atomic E-state index is 0.266. The number of hydrogen-bond acceptors (Lipinski definition) is 2. The number of halogens is 1. The van der Waals surface area contributed by atoms with Crippen molar-refractivity contribution in [1.82, 2.24) is 4.98 Å². The third kappa shape index (κ3) is 3.37. The molecule has 3 aliphatic carbocycles. The first-order valence-electron chi connectivity index (χ1n) is 9.60. The van der Waals surface area contributed by atoms with Gasteiger partial charge in [0, 0.05) is 29.8 Å². The number of fused-ring (bicyclic) bond motifs is 2. The van der Waals surface area contributed by atoms with Gasteiger partial charge in [-0.05, 0) is 58.7 Å². The molecule has 2 heterocycles. The van der Waals surface area contributed by atoms with Crippen LogP contribution in [0.25, 0.3) is 11.6 Å². The third-order valence-corrected chi connectivity index (χ3v) is 6.21. The van der Waals surface area contributed by atoms with Crippen LogP contribution in [-0.4, -0.2) is 17.2 Å². The van der Waals surface area contributed by atoms with Crippen LogP contribution in [0.4, 0.5) is 0 Å². The van der Waals surface area contributed by atoms with Crippen molar-refractivity contribution in [2.45, 2.75) is 25.3 Å². The summed E-state index contributed by atoms with van der Waals surface area (Å²) < 4.78 is 1.23. The summed E-state index contributed by atoms with van der Waals surface area (Å²) in [6.07, 6.45) is 27.3. The lowest BCUT2D eigenvalue weighted by atomic mass is 9.82. The molecule has 1 aliphatic heterocycles. The smallest absolute Gasteiger partial charge is 0.0780 e. The molecule has 134 valence electrons. The van der Waals surface area contributed by atoms with Crippen LogP contribution >= 0.6 is 15.9 Å². The molecule has 2 nitrogen and oxygen atoms in total. The molecule has 1 aromatic heterocycles. The first-order chi connectivity index (χ1) is 13.3. The number of allylic oxidation sites excluding steroid dienone is 8. The predicted molar refractivity (Wildman–Crippen MR) is 117 cm³/mol. The maximum Gasteiger partial charge on any atom is 0.0780 e. The van der Waals surface area contributed by atoms with Gasteiger partial charge < -0.3 is 0 Å². The summed E-state index contributed by atoms with van der Waals surface area (Å²) in [5.41, 5.74) is 6.23. The van der Waals surface area contributed by atoms with Crippen LogP contribution in [-0.2, 0) is 6.42 Å². The summed E-state index contributed by atoms with van der Waals surface area (Å²) in [7, 11) is 0. The minimum Gasteiger partial charge on any atom is -0.284 e. The molecule has 0 bridgehead atoms. The normalized spacial score (nSPS) is 28.2. The van der Waals surface area contributed by atoms with Crippen molar-refractivity contribution in [2.24, 2.45) is 16.8 Å². The number of dihydropyridines is 1. The molecule has 0 amide bonds. The van der Waals surface area contributed by atoms with Crippen LogP contribution in [0.3, 0.4) is 0 Å². The van der Waals surface area contributed by atoms with Crippen molar-refractivity contribution in [2.75, 3.05) is 0 Å². The number of aryl methyl sites for hydroxylation is 1. The van der Waals surface area contributed by atoms with Gasteiger partial charge in [-0.3, -0.25) is 9.98 Å². The highest BCUT2D eigenvalue weighted by Gasteiger charge is 2.24. The second-order valence-corrected chi connectivity index (χ2v) is 8.53. The van der Waals surface area contributed by atoms with E-state index in [-0.39, 0.29) is 6.04 Å². The summed E-state index contributed by atoms with van der Waals surface area (Å²) in [5, 5.41) is 0. The van der Waals surface area contributed by atoms with Gasteiger partial charge in [-0.15, -0.1) is 0 Å². The van der Waals surface area contributed by atoms with Crippen molar-refractivity contribution in [3.05, 3.63) is 87.7 Å². The molecule has 0 saturated heterocycles. The lowest BCUT2D eigenvalue weighted by Crippen LogP contribution is -2.21. The highest BCUT2D eigenvalue weighted by atomic mass is 79.9. The van der Waals surface area contributed by atoms with Gasteiger partial charge in [0.2, 0.25) is 0 Å². The van der Waals surface area contributed by atoms with Crippen molar-refractivity contribution in [1.29, 1.82) is 0 Å². The number of pyridine rings is 1. The van der Waals surface area contributed by atoms with E-state index in [1.165, 1.54) is 26.8 Å². The number of aliphatic imine (C=N–C) groups is 1. The molecule has 0 fully saturated rings. The van der Waals surface area contributed by atoms with Gasteiger partial charge in [0.05, 0.1) is 11.7 Å². The van der Waals surface area contributed by atoms with Crippen molar-refractivity contribution in [3.8, 4) is 0 Å². The lowest BCUT2D eigenvalue weighted by molar-refractivity contribution is 0.659. The molecule has 0 aromatic carbocycles. The predicted octanol–water partition coefficient (Wildman–Crippen LogP) is 5.84. The highest BCUT2D eigenvalue weighted by Crippen LogP contribution is 2.37. The lowest BCUT2D eigenvalue weighted by Gasteiger charge is -2.27. The quantitative estimate of drug-likeness (QED) is 0.593. The zero-order valence-corrected chi connectivity index (χ0v) is 16.6. The van der Waals surface area contributed by atoms with E-state index in [0.29, 0.717) is 11.8 Å². The maximum absolute atomic E-state index is 4.77. The van der Waals surface area contributed by atoms with Gasteiger partial charge in [-0.1, -0.05) is 58.5 Å². The molecule has 4 aliphatic rings. The van der Waals surface area contributed by atoms with Gasteiger partial charge in [0.15, 0.2) is 0 Å². The molecule has 0 radical (unpaired) electrons. The van der Waals surface area contributed by atoms with E-state index in [4.69, 9.17) is 4.99 Å².